The second kappa shape index (κ2) is 11.5. The van der Waals surface area contributed by atoms with Gasteiger partial charge < -0.3 is 15.0 Å². The Morgan fingerprint density at radius 3 is 2.54 bits per heavy atom. The zero-order valence-corrected chi connectivity index (χ0v) is 21.3. The van der Waals surface area contributed by atoms with E-state index in [9.17, 15) is 22.8 Å². The van der Waals surface area contributed by atoms with Crippen LogP contribution < -0.4 is 10.1 Å². The average Bonchev–Trinajstić information content (AvgIpc) is 3.29. The van der Waals surface area contributed by atoms with Crippen molar-refractivity contribution in [1.29, 1.82) is 0 Å². The topological polar surface area (TPSA) is 87.7 Å². The molecule has 8 nitrogen and oxygen atoms in total. The summed E-state index contributed by atoms with van der Waals surface area (Å²) in [6.07, 6.45) is -5.10. The molecule has 1 amide bonds. The highest BCUT2D eigenvalue weighted by atomic mass is 35.5. The first kappa shape index (κ1) is 27.0. The molecule has 196 valence electrons. The van der Waals surface area contributed by atoms with Crippen molar-refractivity contribution in [2.24, 2.45) is 0 Å². The van der Waals surface area contributed by atoms with Crippen LogP contribution in [0.5, 0.6) is 5.75 Å². The number of carbonyl (C=O) groups excluding carboxylic acids is 2. The van der Waals surface area contributed by atoms with Crippen LogP contribution >= 0.6 is 22.9 Å². The van der Waals surface area contributed by atoms with Crippen LogP contribution in [0, 0.1) is 0 Å². The molecule has 0 bridgehead atoms. The van der Waals surface area contributed by atoms with Gasteiger partial charge in [0.1, 0.15) is 10.0 Å². The first-order valence-corrected chi connectivity index (χ1v) is 12.5. The monoisotopic (exact) mass is 553 g/mol. The molecule has 1 aromatic heterocycles. The summed E-state index contributed by atoms with van der Waals surface area (Å²) in [5, 5.41) is 12.1. The molecule has 2 heterocycles. The predicted molar refractivity (Wildman–Crippen MR) is 134 cm³/mol. The largest absolute Gasteiger partial charge is 0.573 e. The second-order valence-corrected chi connectivity index (χ2v) is 9.94. The molecule has 1 saturated heterocycles. The van der Waals surface area contributed by atoms with Crippen molar-refractivity contribution >= 4 is 40.3 Å². The van der Waals surface area contributed by atoms with Crippen molar-refractivity contribution in [3.05, 3.63) is 58.1 Å². The third kappa shape index (κ3) is 7.48. The van der Waals surface area contributed by atoms with Crippen LogP contribution in [0.3, 0.4) is 0 Å². The summed E-state index contributed by atoms with van der Waals surface area (Å²) in [5.41, 5.74) is 0.537. The minimum Gasteiger partial charge on any atom is -0.404 e. The van der Waals surface area contributed by atoms with Crippen molar-refractivity contribution in [2.75, 3.05) is 45.1 Å². The first-order chi connectivity index (χ1) is 17.6. The number of aromatic nitrogens is 2. The van der Waals surface area contributed by atoms with Gasteiger partial charge in [-0.2, -0.15) is 0 Å². The van der Waals surface area contributed by atoms with Crippen LogP contribution in [0.25, 0.3) is 10.6 Å². The maximum absolute atomic E-state index is 12.9. The number of hydrogen-bond acceptors (Lipinski definition) is 8. The van der Waals surface area contributed by atoms with E-state index in [2.05, 4.69) is 25.2 Å². The standard InChI is InChI=1S/C24H23ClF3N5O3S/c1-32-8-10-33(11-9-32)14-21(35)29-18-12-15(6-7-20(18)36-24(26,27)28)19(34)13-22-30-31-23(37-22)16-4-2-3-5-17(16)25/h2-7,12H,8-11,13-14H2,1H3,(H,29,35). The van der Waals surface area contributed by atoms with E-state index in [1.54, 1.807) is 24.3 Å². The number of alkyl halides is 3. The number of rotatable bonds is 8. The predicted octanol–water partition coefficient (Wildman–Crippen LogP) is 4.37. The molecular formula is C24H23ClF3N5O3S. The van der Waals surface area contributed by atoms with Crippen molar-refractivity contribution in [3.8, 4) is 16.3 Å². The van der Waals surface area contributed by atoms with Crippen molar-refractivity contribution in [2.45, 2.75) is 12.8 Å². The molecule has 1 aliphatic heterocycles. The van der Waals surface area contributed by atoms with Gasteiger partial charge in [-0.3, -0.25) is 14.5 Å². The number of ketones is 1. The Bertz CT molecular complexity index is 1280. The Kier molecular flexibility index (Phi) is 8.42. The fourth-order valence-corrected chi connectivity index (χ4v) is 4.88. The maximum Gasteiger partial charge on any atom is 0.573 e. The molecule has 3 aromatic rings. The Labute approximate surface area is 220 Å². The van der Waals surface area contributed by atoms with Crippen LogP contribution in [-0.4, -0.2) is 77.8 Å². The molecule has 0 aliphatic carbocycles. The lowest BCUT2D eigenvalue weighted by Gasteiger charge is -2.31. The number of amides is 1. The number of anilines is 1. The van der Waals surface area contributed by atoms with Gasteiger partial charge in [0.15, 0.2) is 11.5 Å². The number of Topliss-reactive ketones (excluding diaryl/α,β-unsaturated/α-hetero) is 1. The van der Waals surface area contributed by atoms with Gasteiger partial charge in [0.25, 0.3) is 0 Å². The van der Waals surface area contributed by atoms with Gasteiger partial charge in [0, 0.05) is 37.3 Å². The van der Waals surface area contributed by atoms with E-state index in [-0.39, 0.29) is 24.2 Å². The number of benzene rings is 2. The molecule has 1 N–H and O–H groups in total. The molecule has 37 heavy (non-hydrogen) atoms. The summed E-state index contributed by atoms with van der Waals surface area (Å²) in [6.45, 7) is 2.89. The highest BCUT2D eigenvalue weighted by Gasteiger charge is 2.33. The number of nitrogens with one attached hydrogen (secondary N) is 1. The number of hydrogen-bond donors (Lipinski definition) is 1. The fraction of sp³-hybridized carbons (Fsp3) is 0.333. The lowest BCUT2D eigenvalue weighted by Crippen LogP contribution is -2.47. The van der Waals surface area contributed by atoms with Gasteiger partial charge >= 0.3 is 6.36 Å². The molecule has 2 aromatic carbocycles. The molecular weight excluding hydrogens is 531 g/mol. The quantitative estimate of drug-likeness (QED) is 0.415. The number of halogens is 4. The molecule has 0 unspecified atom stereocenters. The Hall–Kier alpha value is -3.06. The van der Waals surface area contributed by atoms with Crippen LogP contribution in [0.2, 0.25) is 5.02 Å². The van der Waals surface area contributed by atoms with Gasteiger partial charge in [-0.15, -0.1) is 23.4 Å². The number of ether oxygens (including phenoxy) is 1. The number of piperazine rings is 1. The fourth-order valence-electron chi connectivity index (χ4n) is 3.72. The summed E-state index contributed by atoms with van der Waals surface area (Å²) < 4.78 is 42.9. The summed E-state index contributed by atoms with van der Waals surface area (Å²) in [5.74, 6) is -1.52. The molecule has 0 atom stereocenters. The summed E-state index contributed by atoms with van der Waals surface area (Å²) in [6, 6.07) is 10.5. The molecule has 0 saturated carbocycles. The average molecular weight is 554 g/mol. The van der Waals surface area contributed by atoms with E-state index in [1.165, 1.54) is 23.5 Å². The van der Waals surface area contributed by atoms with Gasteiger partial charge in [-0.25, -0.2) is 0 Å². The van der Waals surface area contributed by atoms with E-state index < -0.39 is 23.8 Å². The Morgan fingerprint density at radius 2 is 1.84 bits per heavy atom. The van der Waals surface area contributed by atoms with E-state index in [0.29, 0.717) is 33.7 Å². The molecule has 0 radical (unpaired) electrons. The maximum atomic E-state index is 12.9. The molecule has 4 rings (SSSR count). The van der Waals surface area contributed by atoms with Gasteiger partial charge in [-0.1, -0.05) is 41.1 Å². The number of carbonyl (C=O) groups is 2. The van der Waals surface area contributed by atoms with Crippen LogP contribution in [0.1, 0.15) is 15.4 Å². The zero-order chi connectivity index (χ0) is 26.6. The first-order valence-electron chi connectivity index (χ1n) is 11.3. The minimum absolute atomic E-state index is 0.00702. The van der Waals surface area contributed by atoms with Crippen molar-refractivity contribution in [1.82, 2.24) is 20.0 Å². The lowest BCUT2D eigenvalue weighted by molar-refractivity contribution is -0.274. The Balaban J connectivity index is 1.49. The summed E-state index contributed by atoms with van der Waals surface area (Å²) in [4.78, 5) is 29.6. The zero-order valence-electron chi connectivity index (χ0n) is 19.7. The second-order valence-electron chi connectivity index (χ2n) is 8.47. The summed E-state index contributed by atoms with van der Waals surface area (Å²) >= 11 is 7.39. The molecule has 1 aliphatic rings. The number of likely N-dealkylation sites (N-methyl/N-ethyl adjacent to an activating group) is 1. The van der Waals surface area contributed by atoms with E-state index >= 15 is 0 Å². The van der Waals surface area contributed by atoms with Crippen molar-refractivity contribution in [3.63, 3.8) is 0 Å². The van der Waals surface area contributed by atoms with Gasteiger partial charge in [0.05, 0.1) is 23.7 Å². The third-order valence-electron chi connectivity index (χ3n) is 5.65. The molecule has 1 fully saturated rings. The molecule has 0 spiro atoms. The van der Waals surface area contributed by atoms with Crippen LogP contribution in [0.15, 0.2) is 42.5 Å². The van der Waals surface area contributed by atoms with Crippen LogP contribution in [0.4, 0.5) is 18.9 Å². The van der Waals surface area contributed by atoms with Gasteiger partial charge in [0.2, 0.25) is 5.91 Å². The highest BCUT2D eigenvalue weighted by Crippen LogP contribution is 2.33. The summed E-state index contributed by atoms with van der Waals surface area (Å²) in [7, 11) is 1.97. The minimum atomic E-state index is -4.97. The van der Waals surface area contributed by atoms with E-state index in [0.717, 1.165) is 19.2 Å². The molecule has 13 heteroatoms. The Morgan fingerprint density at radius 1 is 1.11 bits per heavy atom. The normalized spacial score (nSPS) is 14.9. The number of nitrogens with zero attached hydrogens (tertiary/aromatic N) is 4. The van der Waals surface area contributed by atoms with Crippen LogP contribution in [-0.2, 0) is 11.2 Å². The third-order valence-corrected chi connectivity index (χ3v) is 6.93. The lowest BCUT2D eigenvalue weighted by atomic mass is 10.1. The smallest absolute Gasteiger partial charge is 0.404 e. The van der Waals surface area contributed by atoms with E-state index in [4.69, 9.17) is 11.6 Å². The van der Waals surface area contributed by atoms with E-state index in [1.807, 2.05) is 11.9 Å². The van der Waals surface area contributed by atoms with Gasteiger partial charge in [-0.05, 0) is 31.3 Å². The SMILES string of the molecule is CN1CCN(CC(=O)Nc2cc(C(=O)Cc3nnc(-c4ccccc4Cl)s3)ccc2OC(F)(F)F)CC1. The van der Waals surface area contributed by atoms with Crippen molar-refractivity contribution < 1.29 is 27.5 Å². The highest BCUT2D eigenvalue weighted by molar-refractivity contribution is 7.14.